The molecule has 1 aromatic rings. The minimum absolute atomic E-state index is 0.0424. The first-order chi connectivity index (χ1) is 8.08. The Morgan fingerprint density at radius 3 is 2.59 bits per heavy atom. The largest absolute Gasteiger partial charge is 0.493 e. The Labute approximate surface area is 102 Å². The molecule has 0 fully saturated rings. The first kappa shape index (κ1) is 13.8. The van der Waals surface area contributed by atoms with Gasteiger partial charge in [0, 0.05) is 6.04 Å². The zero-order chi connectivity index (χ0) is 12.8. The first-order valence-corrected chi connectivity index (χ1v) is 5.82. The summed E-state index contributed by atoms with van der Waals surface area (Å²) in [5.74, 6) is 1.27. The van der Waals surface area contributed by atoms with Crippen molar-refractivity contribution in [2.45, 2.75) is 32.4 Å². The second kappa shape index (κ2) is 6.47. The van der Waals surface area contributed by atoms with Gasteiger partial charge >= 0.3 is 0 Å². The number of methoxy groups -OCH3 is 1. The Hall–Kier alpha value is -1.26. The highest BCUT2D eigenvalue weighted by Crippen LogP contribution is 2.29. The van der Waals surface area contributed by atoms with Crippen LogP contribution in [0.2, 0.25) is 0 Å². The lowest BCUT2D eigenvalue weighted by Gasteiger charge is -2.15. The number of ether oxygens (including phenoxy) is 2. The fourth-order valence-electron chi connectivity index (χ4n) is 1.39. The summed E-state index contributed by atoms with van der Waals surface area (Å²) in [5, 5.41) is 9.44. The van der Waals surface area contributed by atoms with E-state index in [-0.39, 0.29) is 12.6 Å². The van der Waals surface area contributed by atoms with Crippen molar-refractivity contribution in [2.75, 3.05) is 13.7 Å². The van der Waals surface area contributed by atoms with Crippen molar-refractivity contribution in [1.82, 2.24) is 0 Å². The van der Waals surface area contributed by atoms with Gasteiger partial charge in [0.05, 0.1) is 13.2 Å². The van der Waals surface area contributed by atoms with Gasteiger partial charge in [-0.25, -0.2) is 0 Å². The average molecular weight is 239 g/mol. The van der Waals surface area contributed by atoms with Crippen LogP contribution >= 0.6 is 0 Å². The highest BCUT2D eigenvalue weighted by Gasteiger charge is 2.09. The van der Waals surface area contributed by atoms with Crippen LogP contribution < -0.4 is 15.2 Å². The molecule has 0 aliphatic heterocycles. The van der Waals surface area contributed by atoms with E-state index >= 15 is 0 Å². The maximum atomic E-state index is 9.44. The third-order valence-corrected chi connectivity index (χ3v) is 2.62. The predicted octanol–water partition coefficient (Wildman–Crippen LogP) is 1.86. The summed E-state index contributed by atoms with van der Waals surface area (Å²) in [6.07, 6.45) is 0.216. The number of hydrogen-bond acceptors (Lipinski definition) is 4. The average Bonchev–Trinajstić information content (AvgIpc) is 2.35. The van der Waals surface area contributed by atoms with Gasteiger partial charge in [-0.05, 0) is 31.0 Å². The van der Waals surface area contributed by atoms with Crippen molar-refractivity contribution in [3.8, 4) is 11.5 Å². The maximum Gasteiger partial charge on any atom is 0.161 e. The van der Waals surface area contributed by atoms with Gasteiger partial charge in [0.2, 0.25) is 0 Å². The van der Waals surface area contributed by atoms with Crippen molar-refractivity contribution >= 4 is 0 Å². The van der Waals surface area contributed by atoms with Gasteiger partial charge in [0.1, 0.15) is 6.61 Å². The molecular formula is C13H21NO3. The molecule has 96 valence electrons. The Balaban J connectivity index is 2.78. The molecule has 1 aromatic carbocycles. The molecule has 0 amide bonds. The fraction of sp³-hybridized carbons (Fsp3) is 0.538. The lowest BCUT2D eigenvalue weighted by Crippen LogP contribution is -2.16. The molecule has 0 saturated heterocycles. The van der Waals surface area contributed by atoms with Crippen LogP contribution in [0.3, 0.4) is 0 Å². The Bertz CT molecular complexity index is 353. The summed E-state index contributed by atoms with van der Waals surface area (Å²) in [7, 11) is 1.59. The molecule has 4 nitrogen and oxygen atoms in total. The molecular weight excluding hydrogens is 218 g/mol. The Kier molecular flexibility index (Phi) is 5.25. The van der Waals surface area contributed by atoms with Gasteiger partial charge in [-0.1, -0.05) is 13.0 Å². The van der Waals surface area contributed by atoms with Gasteiger partial charge in [0.25, 0.3) is 0 Å². The number of aliphatic hydroxyl groups excluding tert-OH is 1. The summed E-state index contributed by atoms with van der Waals surface area (Å²) in [6, 6.07) is 5.54. The van der Waals surface area contributed by atoms with Gasteiger partial charge in [-0.2, -0.15) is 0 Å². The molecule has 0 aromatic heterocycles. The van der Waals surface area contributed by atoms with E-state index in [1.54, 1.807) is 7.11 Å². The molecule has 0 heterocycles. The molecule has 0 radical (unpaired) electrons. The molecule has 0 bridgehead atoms. The number of nitrogens with two attached hydrogens (primary N) is 1. The number of hydrogen-bond donors (Lipinski definition) is 2. The standard InChI is InChI=1S/C13H21NO3/c1-4-11(15)8-17-12-6-5-10(9(2)14)7-13(12)16-3/h5-7,9,11,15H,4,8,14H2,1-3H3/t9-,11?/m0/s1. The van der Waals surface area contributed by atoms with Crippen LogP contribution in [0.15, 0.2) is 18.2 Å². The van der Waals surface area contributed by atoms with Crippen LogP contribution in [-0.2, 0) is 0 Å². The van der Waals surface area contributed by atoms with E-state index in [1.807, 2.05) is 32.0 Å². The molecule has 0 aliphatic carbocycles. The Morgan fingerprint density at radius 2 is 2.06 bits per heavy atom. The second-order valence-electron chi connectivity index (χ2n) is 4.07. The van der Waals surface area contributed by atoms with E-state index in [0.717, 1.165) is 5.56 Å². The molecule has 0 spiro atoms. The molecule has 0 aliphatic rings. The molecule has 3 N–H and O–H groups in total. The van der Waals surface area contributed by atoms with Crippen LogP contribution in [0.4, 0.5) is 0 Å². The van der Waals surface area contributed by atoms with Gasteiger partial charge in [0.15, 0.2) is 11.5 Å². The zero-order valence-electron chi connectivity index (χ0n) is 10.6. The number of benzene rings is 1. The summed E-state index contributed by atoms with van der Waals surface area (Å²) >= 11 is 0. The van der Waals surface area contributed by atoms with E-state index < -0.39 is 6.10 Å². The predicted molar refractivity (Wildman–Crippen MR) is 67.4 cm³/mol. The summed E-state index contributed by atoms with van der Waals surface area (Å²) in [5.41, 5.74) is 6.79. The van der Waals surface area contributed by atoms with Crippen LogP contribution in [0.1, 0.15) is 31.9 Å². The number of rotatable bonds is 6. The van der Waals surface area contributed by atoms with Gasteiger partial charge in [-0.15, -0.1) is 0 Å². The van der Waals surface area contributed by atoms with Gasteiger partial charge < -0.3 is 20.3 Å². The summed E-state index contributed by atoms with van der Waals surface area (Å²) in [6.45, 7) is 4.09. The van der Waals surface area contributed by atoms with Crippen molar-refractivity contribution in [3.05, 3.63) is 23.8 Å². The molecule has 1 unspecified atom stereocenters. The van der Waals surface area contributed by atoms with Crippen LogP contribution in [0, 0.1) is 0 Å². The maximum absolute atomic E-state index is 9.44. The smallest absolute Gasteiger partial charge is 0.161 e. The van der Waals surface area contributed by atoms with Crippen LogP contribution in [0.25, 0.3) is 0 Å². The molecule has 0 saturated carbocycles. The lowest BCUT2D eigenvalue weighted by molar-refractivity contribution is 0.102. The van der Waals surface area contributed by atoms with E-state index in [1.165, 1.54) is 0 Å². The van der Waals surface area contributed by atoms with E-state index in [9.17, 15) is 5.11 Å². The highest BCUT2D eigenvalue weighted by molar-refractivity contribution is 5.43. The summed E-state index contributed by atoms with van der Waals surface area (Å²) in [4.78, 5) is 0. The van der Waals surface area contributed by atoms with Crippen LogP contribution in [-0.4, -0.2) is 24.9 Å². The lowest BCUT2D eigenvalue weighted by atomic mass is 10.1. The zero-order valence-corrected chi connectivity index (χ0v) is 10.6. The topological polar surface area (TPSA) is 64.7 Å². The molecule has 4 heteroatoms. The van der Waals surface area contributed by atoms with E-state index in [2.05, 4.69) is 0 Å². The molecule has 17 heavy (non-hydrogen) atoms. The molecule has 1 rings (SSSR count). The molecule has 2 atom stereocenters. The van der Waals surface area contributed by atoms with Crippen molar-refractivity contribution in [1.29, 1.82) is 0 Å². The third-order valence-electron chi connectivity index (χ3n) is 2.62. The SMILES string of the molecule is CCC(O)COc1ccc([C@H](C)N)cc1OC. The third kappa shape index (κ3) is 3.91. The normalized spacial score (nSPS) is 14.2. The number of aliphatic hydroxyl groups is 1. The monoisotopic (exact) mass is 239 g/mol. The minimum atomic E-state index is -0.451. The van der Waals surface area contributed by atoms with Crippen molar-refractivity contribution < 1.29 is 14.6 Å². The van der Waals surface area contributed by atoms with Crippen molar-refractivity contribution in [3.63, 3.8) is 0 Å². The fourth-order valence-corrected chi connectivity index (χ4v) is 1.39. The second-order valence-corrected chi connectivity index (χ2v) is 4.07. The summed E-state index contributed by atoms with van der Waals surface area (Å²) < 4.78 is 10.7. The van der Waals surface area contributed by atoms with Crippen LogP contribution in [0.5, 0.6) is 11.5 Å². The highest BCUT2D eigenvalue weighted by atomic mass is 16.5. The quantitative estimate of drug-likeness (QED) is 0.795. The minimum Gasteiger partial charge on any atom is -0.493 e. The van der Waals surface area contributed by atoms with Crippen molar-refractivity contribution in [2.24, 2.45) is 5.73 Å². The van der Waals surface area contributed by atoms with Gasteiger partial charge in [-0.3, -0.25) is 0 Å². The Morgan fingerprint density at radius 1 is 1.35 bits per heavy atom. The van der Waals surface area contributed by atoms with E-state index in [4.69, 9.17) is 15.2 Å². The first-order valence-electron chi connectivity index (χ1n) is 5.82. The van der Waals surface area contributed by atoms with E-state index in [0.29, 0.717) is 17.9 Å².